The molecule has 3 N–H and O–H groups in total. The third kappa shape index (κ3) is 1.99. The van der Waals surface area contributed by atoms with Gasteiger partial charge in [-0.1, -0.05) is 11.6 Å². The van der Waals surface area contributed by atoms with Crippen LogP contribution in [-0.2, 0) is 0 Å². The number of phenols is 1. The lowest BCUT2D eigenvalue weighted by Crippen LogP contribution is -1.92. The van der Waals surface area contributed by atoms with Crippen LogP contribution >= 0.6 is 11.6 Å². The molecule has 5 heteroatoms. The highest BCUT2D eigenvalue weighted by molar-refractivity contribution is 6.32. The van der Waals surface area contributed by atoms with E-state index in [9.17, 15) is 5.11 Å². The van der Waals surface area contributed by atoms with Crippen LogP contribution in [0.2, 0.25) is 5.02 Å². The SMILES string of the molecule is Nc1cnc(-c2ccc(O)c(Cl)c2)nc1. The Morgan fingerprint density at radius 1 is 1.20 bits per heavy atom. The maximum Gasteiger partial charge on any atom is 0.159 e. The van der Waals surface area contributed by atoms with Crippen LogP contribution in [-0.4, -0.2) is 15.1 Å². The molecule has 4 nitrogen and oxygen atoms in total. The van der Waals surface area contributed by atoms with E-state index in [-0.39, 0.29) is 10.8 Å². The molecule has 0 atom stereocenters. The van der Waals surface area contributed by atoms with Crippen LogP contribution in [0.25, 0.3) is 11.4 Å². The lowest BCUT2D eigenvalue weighted by atomic mass is 10.2. The first-order valence-electron chi connectivity index (χ1n) is 4.23. The van der Waals surface area contributed by atoms with Gasteiger partial charge in [-0.05, 0) is 18.2 Å². The van der Waals surface area contributed by atoms with Crippen molar-refractivity contribution < 1.29 is 5.11 Å². The van der Waals surface area contributed by atoms with Gasteiger partial charge in [0.1, 0.15) is 5.75 Å². The second kappa shape index (κ2) is 3.74. The first-order valence-corrected chi connectivity index (χ1v) is 4.61. The zero-order chi connectivity index (χ0) is 10.8. The van der Waals surface area contributed by atoms with Crippen LogP contribution in [0.4, 0.5) is 5.69 Å². The van der Waals surface area contributed by atoms with Crippen molar-refractivity contribution in [3.63, 3.8) is 0 Å². The highest BCUT2D eigenvalue weighted by Gasteiger charge is 2.04. The van der Waals surface area contributed by atoms with Gasteiger partial charge in [-0.15, -0.1) is 0 Å². The summed E-state index contributed by atoms with van der Waals surface area (Å²) in [6.07, 6.45) is 3.03. The Kier molecular flexibility index (Phi) is 2.43. The van der Waals surface area contributed by atoms with E-state index in [1.165, 1.54) is 18.5 Å². The Morgan fingerprint density at radius 2 is 1.87 bits per heavy atom. The molecule has 0 aliphatic heterocycles. The number of aromatic nitrogens is 2. The number of halogens is 1. The Hall–Kier alpha value is -1.81. The van der Waals surface area contributed by atoms with Gasteiger partial charge >= 0.3 is 0 Å². The van der Waals surface area contributed by atoms with E-state index in [0.717, 1.165) is 5.56 Å². The quantitative estimate of drug-likeness (QED) is 0.774. The first-order chi connectivity index (χ1) is 7.16. The maximum atomic E-state index is 9.24. The Bertz CT molecular complexity index is 485. The van der Waals surface area contributed by atoms with Crippen LogP contribution in [0, 0.1) is 0 Å². The van der Waals surface area contributed by atoms with Crippen molar-refractivity contribution in [2.24, 2.45) is 0 Å². The number of anilines is 1. The molecule has 2 rings (SSSR count). The van der Waals surface area contributed by atoms with Crippen molar-refractivity contribution in [2.75, 3.05) is 5.73 Å². The number of hydrogen-bond donors (Lipinski definition) is 2. The summed E-state index contributed by atoms with van der Waals surface area (Å²) >= 11 is 5.76. The van der Waals surface area contributed by atoms with Gasteiger partial charge in [-0.25, -0.2) is 9.97 Å². The normalized spacial score (nSPS) is 10.2. The Balaban J connectivity index is 2.45. The summed E-state index contributed by atoms with van der Waals surface area (Å²) in [4.78, 5) is 8.09. The number of benzene rings is 1. The molecule has 0 unspecified atom stereocenters. The fraction of sp³-hybridized carbons (Fsp3) is 0. The molecule has 0 fully saturated rings. The van der Waals surface area contributed by atoms with Gasteiger partial charge in [0.2, 0.25) is 0 Å². The van der Waals surface area contributed by atoms with Gasteiger partial charge in [0.15, 0.2) is 5.82 Å². The topological polar surface area (TPSA) is 72.0 Å². The lowest BCUT2D eigenvalue weighted by Gasteiger charge is -2.01. The largest absolute Gasteiger partial charge is 0.506 e. The highest BCUT2D eigenvalue weighted by Crippen LogP contribution is 2.27. The second-order valence-electron chi connectivity index (χ2n) is 3.01. The van der Waals surface area contributed by atoms with E-state index in [1.807, 2.05) is 0 Å². The predicted octanol–water partition coefficient (Wildman–Crippen LogP) is 2.08. The van der Waals surface area contributed by atoms with Crippen molar-refractivity contribution in [1.29, 1.82) is 0 Å². The first kappa shape index (κ1) is 9.73. The molecule has 0 saturated carbocycles. The summed E-state index contributed by atoms with van der Waals surface area (Å²) in [5.74, 6) is 0.557. The molecular weight excluding hydrogens is 214 g/mol. The fourth-order valence-electron chi connectivity index (χ4n) is 1.13. The molecule has 0 bridgehead atoms. The third-order valence-corrected chi connectivity index (χ3v) is 2.18. The lowest BCUT2D eigenvalue weighted by molar-refractivity contribution is 0.475. The molecule has 0 saturated heterocycles. The second-order valence-corrected chi connectivity index (χ2v) is 3.41. The maximum absolute atomic E-state index is 9.24. The van der Waals surface area contributed by atoms with Crippen LogP contribution in [0.3, 0.4) is 0 Å². The van der Waals surface area contributed by atoms with Crippen molar-refractivity contribution >= 4 is 17.3 Å². The highest BCUT2D eigenvalue weighted by atomic mass is 35.5. The summed E-state index contributed by atoms with van der Waals surface area (Å²) in [5, 5.41) is 9.51. The minimum atomic E-state index is 0.0378. The summed E-state index contributed by atoms with van der Waals surface area (Å²) < 4.78 is 0. The zero-order valence-electron chi connectivity index (χ0n) is 7.68. The van der Waals surface area contributed by atoms with Gasteiger partial charge in [0, 0.05) is 5.56 Å². The number of aromatic hydroxyl groups is 1. The van der Waals surface area contributed by atoms with Crippen LogP contribution in [0.1, 0.15) is 0 Å². The van der Waals surface area contributed by atoms with Crippen LogP contribution in [0.5, 0.6) is 5.75 Å². The van der Waals surface area contributed by atoms with Crippen LogP contribution < -0.4 is 5.73 Å². The number of nitrogens with two attached hydrogens (primary N) is 1. The van der Waals surface area contributed by atoms with Crippen molar-refractivity contribution in [2.45, 2.75) is 0 Å². The molecule has 0 spiro atoms. The molecule has 1 aromatic carbocycles. The number of nitrogen functional groups attached to an aromatic ring is 1. The molecule has 0 radical (unpaired) electrons. The third-order valence-electron chi connectivity index (χ3n) is 1.88. The number of rotatable bonds is 1. The summed E-state index contributed by atoms with van der Waals surface area (Å²) in [6, 6.07) is 4.78. The molecule has 0 aliphatic rings. The monoisotopic (exact) mass is 221 g/mol. The number of phenolic OH excluding ortho intramolecular Hbond substituents is 1. The average molecular weight is 222 g/mol. The van der Waals surface area contributed by atoms with E-state index in [1.54, 1.807) is 12.1 Å². The molecule has 0 amide bonds. The molecular formula is C10H8ClN3O. The zero-order valence-corrected chi connectivity index (χ0v) is 8.44. The van der Waals surface area contributed by atoms with Gasteiger partial charge in [-0.3, -0.25) is 0 Å². The molecule has 76 valence electrons. The van der Waals surface area contributed by atoms with Crippen molar-refractivity contribution in [1.82, 2.24) is 9.97 Å². The molecule has 1 aromatic heterocycles. The Labute approximate surface area is 91.4 Å². The van der Waals surface area contributed by atoms with E-state index in [4.69, 9.17) is 17.3 Å². The molecule has 0 aliphatic carbocycles. The van der Waals surface area contributed by atoms with Gasteiger partial charge in [0.25, 0.3) is 0 Å². The summed E-state index contributed by atoms with van der Waals surface area (Å²) in [5.41, 5.74) is 6.71. The van der Waals surface area contributed by atoms with E-state index < -0.39 is 0 Å². The predicted molar refractivity (Wildman–Crippen MR) is 58.6 cm³/mol. The van der Waals surface area contributed by atoms with E-state index >= 15 is 0 Å². The molecule has 2 aromatic rings. The fourth-order valence-corrected chi connectivity index (χ4v) is 1.31. The summed E-state index contributed by atoms with van der Waals surface area (Å²) in [7, 11) is 0. The van der Waals surface area contributed by atoms with Crippen molar-refractivity contribution in [3.8, 4) is 17.1 Å². The van der Waals surface area contributed by atoms with Crippen molar-refractivity contribution in [3.05, 3.63) is 35.6 Å². The van der Waals surface area contributed by atoms with Gasteiger partial charge in [-0.2, -0.15) is 0 Å². The minimum absolute atomic E-state index is 0.0378. The average Bonchev–Trinajstić information content (AvgIpc) is 2.23. The number of nitrogens with zero attached hydrogens (tertiary/aromatic N) is 2. The molecule has 1 heterocycles. The smallest absolute Gasteiger partial charge is 0.159 e. The Morgan fingerprint density at radius 3 is 2.47 bits per heavy atom. The molecule has 15 heavy (non-hydrogen) atoms. The van der Waals surface area contributed by atoms with E-state index in [0.29, 0.717) is 11.5 Å². The van der Waals surface area contributed by atoms with Crippen LogP contribution in [0.15, 0.2) is 30.6 Å². The van der Waals surface area contributed by atoms with Gasteiger partial charge < -0.3 is 10.8 Å². The number of hydrogen-bond acceptors (Lipinski definition) is 4. The minimum Gasteiger partial charge on any atom is -0.506 e. The van der Waals surface area contributed by atoms with E-state index in [2.05, 4.69) is 9.97 Å². The summed E-state index contributed by atoms with van der Waals surface area (Å²) in [6.45, 7) is 0. The van der Waals surface area contributed by atoms with Gasteiger partial charge in [0.05, 0.1) is 23.1 Å². The standard InChI is InChI=1S/C10H8ClN3O/c11-8-3-6(1-2-9(8)15)10-13-4-7(12)5-14-10/h1-5,15H,12H2.